The van der Waals surface area contributed by atoms with E-state index < -0.39 is 17.0 Å². The molecule has 1 N–H and O–H groups in total. The van der Waals surface area contributed by atoms with Gasteiger partial charge in [-0.05, 0) is 25.0 Å². The molecule has 1 saturated heterocycles. The van der Waals surface area contributed by atoms with E-state index in [1.54, 1.807) is 23.9 Å². The van der Waals surface area contributed by atoms with E-state index in [1.165, 1.54) is 11.0 Å². The van der Waals surface area contributed by atoms with E-state index in [4.69, 9.17) is 0 Å². The predicted octanol–water partition coefficient (Wildman–Crippen LogP) is 2.05. The average molecular weight is 399 g/mol. The zero-order valence-corrected chi connectivity index (χ0v) is 16.0. The molecule has 0 bridgehead atoms. The molecule has 1 aromatic carbocycles. The van der Waals surface area contributed by atoms with Gasteiger partial charge in [-0.15, -0.1) is 0 Å². The van der Waals surface area contributed by atoms with Crippen LogP contribution in [0, 0.1) is 11.6 Å². The second-order valence-electron chi connectivity index (χ2n) is 7.77. The Balaban J connectivity index is 1.51. The maximum absolute atomic E-state index is 14.7. The number of nitrogens with one attached hydrogen (secondary N) is 1. The van der Waals surface area contributed by atoms with Gasteiger partial charge in [0.15, 0.2) is 0 Å². The van der Waals surface area contributed by atoms with Crippen molar-refractivity contribution in [3.8, 4) is 0 Å². The summed E-state index contributed by atoms with van der Waals surface area (Å²) in [5, 5.41) is 0.510. The lowest BCUT2D eigenvalue weighted by molar-refractivity contribution is -0.123. The Morgan fingerprint density at radius 2 is 1.86 bits per heavy atom. The number of carbonyl (C=O) groups is 1. The van der Waals surface area contributed by atoms with Gasteiger partial charge in [-0.25, -0.2) is 8.78 Å². The zero-order chi connectivity index (χ0) is 20.5. The highest BCUT2D eigenvalue weighted by Crippen LogP contribution is 2.49. The van der Waals surface area contributed by atoms with Crippen LogP contribution >= 0.6 is 0 Å². The summed E-state index contributed by atoms with van der Waals surface area (Å²) >= 11 is 0. The Hall–Kier alpha value is -3.23. The van der Waals surface area contributed by atoms with Gasteiger partial charge in [0.25, 0.3) is 5.56 Å². The second kappa shape index (κ2) is 5.88. The lowest BCUT2D eigenvalue weighted by Crippen LogP contribution is -2.49. The van der Waals surface area contributed by atoms with Crippen molar-refractivity contribution in [1.82, 2.24) is 14.5 Å². The number of hydrogen-bond acceptors (Lipinski definition) is 4. The van der Waals surface area contributed by atoms with Gasteiger partial charge >= 0.3 is 0 Å². The molecule has 0 aliphatic carbocycles. The predicted molar refractivity (Wildman–Crippen MR) is 104 cm³/mol. The maximum Gasteiger partial charge on any atom is 0.261 e. The largest absolute Gasteiger partial charge is 0.342 e. The average Bonchev–Trinajstić information content (AvgIpc) is 3.15. The molecule has 150 valence electrons. The van der Waals surface area contributed by atoms with Gasteiger partial charge in [-0.1, -0.05) is 0 Å². The summed E-state index contributed by atoms with van der Waals surface area (Å²) in [7, 11) is 3.36. The molecule has 2 aromatic heterocycles. The highest BCUT2D eigenvalue weighted by atomic mass is 19.1. The van der Waals surface area contributed by atoms with Crippen molar-refractivity contribution in [2.24, 2.45) is 7.05 Å². The number of nitrogens with zero attached hydrogens (tertiary/aromatic N) is 4. The van der Waals surface area contributed by atoms with Crippen LogP contribution in [0.4, 0.5) is 20.4 Å². The number of aryl methyl sites for hydroxylation is 1. The molecule has 0 unspecified atom stereocenters. The molecule has 2 aliphatic heterocycles. The highest BCUT2D eigenvalue weighted by molar-refractivity contribution is 6.08. The van der Waals surface area contributed by atoms with Crippen LogP contribution in [0.1, 0.15) is 18.4 Å². The number of rotatable bonds is 1. The fraction of sp³-hybridized carbons (Fsp3) is 0.350. The van der Waals surface area contributed by atoms with Crippen molar-refractivity contribution in [2.45, 2.75) is 18.3 Å². The maximum atomic E-state index is 14.7. The van der Waals surface area contributed by atoms with E-state index in [0.717, 1.165) is 6.07 Å². The first-order chi connectivity index (χ1) is 13.8. The molecule has 5 rings (SSSR count). The van der Waals surface area contributed by atoms with Crippen molar-refractivity contribution >= 4 is 28.6 Å². The van der Waals surface area contributed by atoms with Crippen molar-refractivity contribution in [1.29, 1.82) is 0 Å². The van der Waals surface area contributed by atoms with E-state index in [2.05, 4.69) is 9.97 Å². The molecular weight excluding hydrogens is 380 g/mol. The summed E-state index contributed by atoms with van der Waals surface area (Å²) in [6.45, 7) is 0.823. The van der Waals surface area contributed by atoms with Crippen LogP contribution < -0.4 is 15.4 Å². The van der Waals surface area contributed by atoms with E-state index in [1.807, 2.05) is 11.9 Å². The number of carbonyl (C=O) groups excluding carboxylic acids is 1. The number of likely N-dealkylation sites (N-methyl/N-ethyl adjacent to an activating group) is 1. The van der Waals surface area contributed by atoms with Gasteiger partial charge in [-0.2, -0.15) is 4.98 Å². The molecule has 0 atom stereocenters. The van der Waals surface area contributed by atoms with E-state index in [0.29, 0.717) is 42.9 Å². The van der Waals surface area contributed by atoms with Gasteiger partial charge in [-0.3, -0.25) is 14.6 Å². The molecule has 0 radical (unpaired) electrons. The fourth-order valence-electron chi connectivity index (χ4n) is 4.68. The van der Waals surface area contributed by atoms with Crippen LogP contribution in [0.15, 0.2) is 29.2 Å². The van der Waals surface area contributed by atoms with Gasteiger partial charge in [0.2, 0.25) is 11.9 Å². The summed E-state index contributed by atoms with van der Waals surface area (Å²) in [6, 6.07) is 3.75. The van der Waals surface area contributed by atoms with Crippen LogP contribution in [0.3, 0.4) is 0 Å². The number of piperidine rings is 1. The minimum Gasteiger partial charge on any atom is -0.342 e. The van der Waals surface area contributed by atoms with Gasteiger partial charge in [0, 0.05) is 45.0 Å². The number of H-pyrrole nitrogens is 1. The normalized spacial score (nSPS) is 18.1. The van der Waals surface area contributed by atoms with Crippen molar-refractivity contribution in [3.63, 3.8) is 0 Å². The molecule has 2 aliphatic rings. The summed E-state index contributed by atoms with van der Waals surface area (Å²) in [4.78, 5) is 36.0. The molecule has 4 heterocycles. The third-order valence-corrected chi connectivity index (χ3v) is 6.23. The first-order valence-electron chi connectivity index (χ1n) is 9.40. The number of anilines is 2. The van der Waals surface area contributed by atoms with Gasteiger partial charge in [0.05, 0.1) is 16.5 Å². The van der Waals surface area contributed by atoms with Gasteiger partial charge < -0.3 is 14.4 Å². The van der Waals surface area contributed by atoms with Crippen LogP contribution in [0.2, 0.25) is 0 Å². The Morgan fingerprint density at radius 1 is 1.14 bits per heavy atom. The van der Waals surface area contributed by atoms with Crippen molar-refractivity contribution < 1.29 is 13.6 Å². The standard InChI is InChI=1S/C20H19F2N5O2/c1-25-6-3-12-16(25)23-19(24-17(12)28)27-7-4-20(5-8-27)15-13(22)9-11(21)10-14(15)26(2)18(20)29/h3,6,9-10H,4-5,7-8H2,1-2H3,(H,23,24,28). The minimum absolute atomic E-state index is 0.226. The number of benzene rings is 1. The minimum atomic E-state index is -1.02. The summed E-state index contributed by atoms with van der Waals surface area (Å²) < 4.78 is 30.2. The molecule has 0 saturated carbocycles. The third-order valence-electron chi connectivity index (χ3n) is 6.23. The van der Waals surface area contributed by atoms with Crippen LogP contribution in [-0.2, 0) is 17.3 Å². The first kappa shape index (κ1) is 17.8. The van der Waals surface area contributed by atoms with E-state index in [9.17, 15) is 18.4 Å². The van der Waals surface area contributed by atoms with Crippen molar-refractivity contribution in [2.75, 3.05) is 29.9 Å². The first-order valence-corrected chi connectivity index (χ1v) is 9.40. The number of aromatic amines is 1. The molecule has 3 aromatic rings. The zero-order valence-electron chi connectivity index (χ0n) is 16.0. The third kappa shape index (κ3) is 2.36. The smallest absolute Gasteiger partial charge is 0.261 e. The molecule has 1 spiro atoms. The summed E-state index contributed by atoms with van der Waals surface area (Å²) in [6.07, 6.45) is 2.47. The van der Waals surface area contributed by atoms with Gasteiger partial charge in [0.1, 0.15) is 17.3 Å². The SMILES string of the molecule is CN1C(=O)C2(CCN(c3nc4c(ccn4C)c(=O)[nH]3)CC2)c2c(F)cc(F)cc21. The number of hydrogen-bond donors (Lipinski definition) is 1. The Bertz CT molecular complexity index is 1220. The second-order valence-corrected chi connectivity index (χ2v) is 7.77. The van der Waals surface area contributed by atoms with E-state index >= 15 is 0 Å². The number of aromatic nitrogens is 3. The Morgan fingerprint density at radius 3 is 2.59 bits per heavy atom. The van der Waals surface area contributed by atoms with E-state index in [-0.39, 0.29) is 22.7 Å². The molecule has 29 heavy (non-hydrogen) atoms. The van der Waals surface area contributed by atoms with Crippen LogP contribution in [-0.4, -0.2) is 40.6 Å². The fourth-order valence-corrected chi connectivity index (χ4v) is 4.68. The molecular formula is C20H19F2N5O2. The quantitative estimate of drug-likeness (QED) is 0.680. The lowest BCUT2D eigenvalue weighted by Gasteiger charge is -2.38. The molecule has 1 amide bonds. The summed E-state index contributed by atoms with van der Waals surface area (Å²) in [5.74, 6) is -1.19. The number of amides is 1. The topological polar surface area (TPSA) is 74.2 Å². The Kier molecular flexibility index (Phi) is 3.62. The van der Waals surface area contributed by atoms with Crippen molar-refractivity contribution in [3.05, 3.63) is 51.9 Å². The van der Waals surface area contributed by atoms with Crippen LogP contribution in [0.5, 0.6) is 0 Å². The molecule has 1 fully saturated rings. The Labute approximate surface area is 164 Å². The highest BCUT2D eigenvalue weighted by Gasteiger charge is 2.53. The molecule has 7 nitrogen and oxygen atoms in total. The summed E-state index contributed by atoms with van der Waals surface area (Å²) in [5.41, 5.74) is -0.113. The lowest BCUT2D eigenvalue weighted by atomic mass is 9.73. The molecule has 9 heteroatoms. The number of fused-ring (bicyclic) bond motifs is 3. The monoisotopic (exact) mass is 399 g/mol. The number of halogens is 2. The van der Waals surface area contributed by atoms with Crippen LogP contribution in [0.25, 0.3) is 11.0 Å².